The first-order valence-electron chi connectivity index (χ1n) is 11.6. The second kappa shape index (κ2) is 9.44. The molecule has 1 aliphatic heterocycles. The molecule has 0 bridgehead atoms. The fourth-order valence-electron chi connectivity index (χ4n) is 4.57. The number of ketones is 1. The van der Waals surface area contributed by atoms with Gasteiger partial charge >= 0.3 is 0 Å². The van der Waals surface area contributed by atoms with Crippen molar-refractivity contribution in [2.45, 2.75) is 26.2 Å². The van der Waals surface area contributed by atoms with Crippen molar-refractivity contribution < 1.29 is 15.0 Å². The summed E-state index contributed by atoms with van der Waals surface area (Å²) in [5, 5.41) is 25.0. The summed E-state index contributed by atoms with van der Waals surface area (Å²) >= 11 is 1.45. The van der Waals surface area contributed by atoms with Crippen LogP contribution in [-0.4, -0.2) is 45.6 Å². The number of benzene rings is 2. The molecule has 0 saturated carbocycles. The first-order valence-corrected chi connectivity index (χ1v) is 12.4. The summed E-state index contributed by atoms with van der Waals surface area (Å²) in [6.07, 6.45) is 5.31. The number of phenolic OH excluding ortho intramolecular Hbond substituents is 2. The Morgan fingerprint density at radius 2 is 1.74 bits per heavy atom. The van der Waals surface area contributed by atoms with Crippen molar-refractivity contribution in [2.75, 3.05) is 24.6 Å². The molecular formula is C27H27N3O3S. The molecule has 0 amide bonds. The number of hydrogen-bond acceptors (Lipinski definition) is 7. The maximum absolute atomic E-state index is 13.8. The van der Waals surface area contributed by atoms with E-state index in [0.717, 1.165) is 46.0 Å². The summed E-state index contributed by atoms with van der Waals surface area (Å²) in [7, 11) is 0. The topological polar surface area (TPSA) is 76.9 Å². The molecule has 2 N–H and O–H groups in total. The predicted molar refractivity (Wildman–Crippen MR) is 137 cm³/mol. The van der Waals surface area contributed by atoms with E-state index < -0.39 is 0 Å². The van der Waals surface area contributed by atoms with Gasteiger partial charge in [0.15, 0.2) is 5.78 Å². The van der Waals surface area contributed by atoms with E-state index in [-0.39, 0.29) is 17.3 Å². The van der Waals surface area contributed by atoms with E-state index in [1.54, 1.807) is 48.7 Å². The number of anilines is 1. The van der Waals surface area contributed by atoms with Gasteiger partial charge in [0.25, 0.3) is 0 Å². The van der Waals surface area contributed by atoms with Crippen LogP contribution < -0.4 is 5.01 Å². The molecule has 0 spiro atoms. The lowest BCUT2D eigenvalue weighted by atomic mass is 9.98. The molecule has 2 aromatic carbocycles. The molecule has 5 rings (SSSR count). The first-order chi connectivity index (χ1) is 16.5. The van der Waals surface area contributed by atoms with Crippen molar-refractivity contribution in [1.29, 1.82) is 0 Å². The summed E-state index contributed by atoms with van der Waals surface area (Å²) in [6.45, 7) is 5.00. The molecule has 3 heterocycles. The van der Waals surface area contributed by atoms with Crippen LogP contribution in [0.4, 0.5) is 5.82 Å². The van der Waals surface area contributed by atoms with E-state index in [1.165, 1.54) is 30.6 Å². The van der Waals surface area contributed by atoms with E-state index in [1.807, 2.05) is 12.1 Å². The Labute approximate surface area is 202 Å². The van der Waals surface area contributed by atoms with Gasteiger partial charge in [-0.1, -0.05) is 6.42 Å². The maximum atomic E-state index is 13.8. The zero-order valence-electron chi connectivity index (χ0n) is 19.1. The summed E-state index contributed by atoms with van der Waals surface area (Å²) in [6, 6.07) is 15.7. The number of carbonyl (C=O) groups excluding carboxylic acids is 1. The van der Waals surface area contributed by atoms with E-state index in [0.29, 0.717) is 11.1 Å². The number of phenols is 2. The van der Waals surface area contributed by atoms with Gasteiger partial charge in [-0.2, -0.15) is 0 Å². The Balaban J connectivity index is 1.53. The van der Waals surface area contributed by atoms with Gasteiger partial charge in [-0.3, -0.25) is 9.80 Å². The molecule has 0 aliphatic carbocycles. The summed E-state index contributed by atoms with van der Waals surface area (Å²) in [5.74, 6) is 1.07. The van der Waals surface area contributed by atoms with Gasteiger partial charge in [0, 0.05) is 51.9 Å². The van der Waals surface area contributed by atoms with Crippen molar-refractivity contribution >= 4 is 33.0 Å². The van der Waals surface area contributed by atoms with Crippen LogP contribution in [0.25, 0.3) is 20.5 Å². The monoisotopic (exact) mass is 473 g/mol. The largest absolute Gasteiger partial charge is 0.508 e. The van der Waals surface area contributed by atoms with Crippen LogP contribution in [0.2, 0.25) is 0 Å². The number of nitrogens with zero attached hydrogens (tertiary/aromatic N) is 3. The molecule has 4 aromatic rings. The molecule has 1 saturated heterocycles. The number of piperidine rings is 1. The minimum absolute atomic E-state index is 0.111. The van der Waals surface area contributed by atoms with Gasteiger partial charge in [-0.25, -0.2) is 9.99 Å². The van der Waals surface area contributed by atoms with Crippen molar-refractivity contribution in [1.82, 2.24) is 9.99 Å². The summed E-state index contributed by atoms with van der Waals surface area (Å²) in [4.78, 5) is 19.2. The first kappa shape index (κ1) is 22.4. The molecule has 0 atom stereocenters. The number of fused-ring (bicyclic) bond motifs is 1. The van der Waals surface area contributed by atoms with Crippen LogP contribution in [0.5, 0.6) is 11.5 Å². The Bertz CT molecular complexity index is 1310. The lowest BCUT2D eigenvalue weighted by molar-refractivity contribution is 0.104. The van der Waals surface area contributed by atoms with E-state index in [9.17, 15) is 15.0 Å². The Morgan fingerprint density at radius 3 is 2.41 bits per heavy atom. The van der Waals surface area contributed by atoms with E-state index in [4.69, 9.17) is 0 Å². The van der Waals surface area contributed by atoms with Crippen molar-refractivity contribution in [3.63, 3.8) is 0 Å². The fraction of sp³-hybridized carbons (Fsp3) is 0.259. The minimum atomic E-state index is -0.111. The van der Waals surface area contributed by atoms with Gasteiger partial charge in [0.2, 0.25) is 0 Å². The van der Waals surface area contributed by atoms with Gasteiger partial charge in [0.1, 0.15) is 17.3 Å². The SMILES string of the molecule is CCN(c1ccc(C(=O)c2c(-c3ccc(O)cc3)sc3cc(O)ccc23)cn1)N1CCCCC1. The number of aromatic nitrogens is 1. The smallest absolute Gasteiger partial charge is 0.196 e. The number of thiophene rings is 1. The number of hydrogen-bond donors (Lipinski definition) is 2. The average Bonchev–Trinajstić information content (AvgIpc) is 3.24. The minimum Gasteiger partial charge on any atom is -0.508 e. The van der Waals surface area contributed by atoms with Crippen LogP contribution >= 0.6 is 11.3 Å². The molecule has 7 heteroatoms. The molecule has 174 valence electrons. The molecular weight excluding hydrogens is 446 g/mol. The van der Waals surface area contributed by atoms with Crippen molar-refractivity contribution in [2.24, 2.45) is 0 Å². The zero-order chi connectivity index (χ0) is 23.7. The molecule has 1 aliphatic rings. The third kappa shape index (κ3) is 4.24. The van der Waals surface area contributed by atoms with Gasteiger partial charge in [0.05, 0.1) is 0 Å². The van der Waals surface area contributed by atoms with Gasteiger partial charge in [-0.15, -0.1) is 11.3 Å². The quantitative estimate of drug-likeness (QED) is 0.343. The van der Waals surface area contributed by atoms with Gasteiger partial charge in [-0.05, 0) is 79.9 Å². The van der Waals surface area contributed by atoms with Crippen LogP contribution in [0.1, 0.15) is 42.1 Å². The highest BCUT2D eigenvalue weighted by Gasteiger charge is 2.23. The van der Waals surface area contributed by atoms with E-state index in [2.05, 4.69) is 21.9 Å². The van der Waals surface area contributed by atoms with Crippen LogP contribution in [-0.2, 0) is 0 Å². The predicted octanol–water partition coefficient (Wildman–Crippen LogP) is 5.83. The Kier molecular flexibility index (Phi) is 6.22. The summed E-state index contributed by atoms with van der Waals surface area (Å²) < 4.78 is 0.832. The average molecular weight is 474 g/mol. The number of pyridine rings is 1. The fourth-order valence-corrected chi connectivity index (χ4v) is 5.81. The lowest BCUT2D eigenvalue weighted by Gasteiger charge is -2.37. The Morgan fingerprint density at radius 1 is 1.00 bits per heavy atom. The molecule has 0 radical (unpaired) electrons. The molecule has 1 fully saturated rings. The van der Waals surface area contributed by atoms with Crippen LogP contribution in [0, 0.1) is 0 Å². The number of rotatable bonds is 6. The van der Waals surface area contributed by atoms with Gasteiger partial charge < -0.3 is 10.2 Å². The highest BCUT2D eigenvalue weighted by molar-refractivity contribution is 7.22. The standard InChI is InChI=1S/C27H27N3O3S/c1-2-30(29-14-4-3-5-15-29)24-13-8-19(17-28-24)26(33)25-22-12-11-21(32)16-23(22)34-27(25)18-6-9-20(31)10-7-18/h6-13,16-17,31-32H,2-5,14-15H2,1H3. The molecule has 2 aromatic heterocycles. The molecule has 34 heavy (non-hydrogen) atoms. The molecule has 6 nitrogen and oxygen atoms in total. The zero-order valence-corrected chi connectivity index (χ0v) is 19.9. The number of hydrazine groups is 1. The number of aromatic hydroxyl groups is 2. The van der Waals surface area contributed by atoms with Crippen LogP contribution in [0.15, 0.2) is 60.8 Å². The second-order valence-electron chi connectivity index (χ2n) is 8.50. The van der Waals surface area contributed by atoms with Crippen molar-refractivity contribution in [3.8, 4) is 21.9 Å². The second-order valence-corrected chi connectivity index (χ2v) is 9.55. The number of carbonyl (C=O) groups is 1. The van der Waals surface area contributed by atoms with Crippen LogP contribution in [0.3, 0.4) is 0 Å². The third-order valence-corrected chi connectivity index (χ3v) is 7.48. The third-order valence-electron chi connectivity index (χ3n) is 6.28. The Hall–Kier alpha value is -3.42. The molecule has 0 unspecified atom stereocenters. The lowest BCUT2D eigenvalue weighted by Crippen LogP contribution is -2.46. The van der Waals surface area contributed by atoms with E-state index >= 15 is 0 Å². The van der Waals surface area contributed by atoms with Crippen molar-refractivity contribution in [3.05, 3.63) is 71.9 Å². The maximum Gasteiger partial charge on any atom is 0.196 e. The normalized spacial score (nSPS) is 14.4. The highest BCUT2D eigenvalue weighted by Crippen LogP contribution is 2.41. The highest BCUT2D eigenvalue weighted by atomic mass is 32.1. The summed E-state index contributed by atoms with van der Waals surface area (Å²) in [5.41, 5.74) is 1.95.